The molecule has 3 aromatic carbocycles. The van der Waals surface area contributed by atoms with Crippen LogP contribution in [0.5, 0.6) is 11.5 Å². The van der Waals surface area contributed by atoms with E-state index in [1.807, 2.05) is 24.3 Å². The van der Waals surface area contributed by atoms with E-state index in [4.69, 9.17) is 21.7 Å². The Morgan fingerprint density at radius 3 is 2.06 bits per heavy atom. The van der Waals surface area contributed by atoms with Crippen LogP contribution in [0.25, 0.3) is 0 Å². The number of benzene rings is 3. The lowest BCUT2D eigenvalue weighted by Crippen LogP contribution is -2.20. The zero-order valence-electron chi connectivity index (χ0n) is 18.9. The number of anilines is 3. The summed E-state index contributed by atoms with van der Waals surface area (Å²) in [5.41, 5.74) is 3.04. The molecule has 0 spiro atoms. The normalized spacial score (nSPS) is 11.1. The van der Waals surface area contributed by atoms with Crippen LogP contribution in [0.3, 0.4) is 0 Å². The fourth-order valence-corrected chi connectivity index (χ4v) is 4.35. The molecule has 174 valence electrons. The van der Waals surface area contributed by atoms with Crippen LogP contribution in [-0.4, -0.2) is 27.7 Å². The summed E-state index contributed by atoms with van der Waals surface area (Å²) in [4.78, 5) is 0.0591. The number of ether oxygens (including phenoxy) is 2. The third-order valence-electron chi connectivity index (χ3n) is 4.91. The molecular weight excluding hydrogens is 458 g/mol. The Bertz CT molecular complexity index is 1210. The molecule has 9 heteroatoms. The molecule has 0 amide bonds. The van der Waals surface area contributed by atoms with Gasteiger partial charge in [0.05, 0.1) is 24.8 Å². The molecule has 3 N–H and O–H groups in total. The third kappa shape index (κ3) is 6.36. The van der Waals surface area contributed by atoms with E-state index in [1.165, 1.54) is 24.8 Å². The van der Waals surface area contributed by atoms with Crippen molar-refractivity contribution in [2.24, 2.45) is 0 Å². The zero-order chi connectivity index (χ0) is 24.0. The van der Waals surface area contributed by atoms with Crippen LogP contribution in [-0.2, 0) is 10.0 Å². The first kappa shape index (κ1) is 24.3. The molecule has 0 radical (unpaired) electrons. The highest BCUT2D eigenvalue weighted by Gasteiger charge is 2.17. The van der Waals surface area contributed by atoms with Crippen molar-refractivity contribution < 1.29 is 17.9 Å². The van der Waals surface area contributed by atoms with Crippen molar-refractivity contribution in [3.05, 3.63) is 72.3 Å². The highest BCUT2D eigenvalue weighted by molar-refractivity contribution is 7.92. The Labute approximate surface area is 200 Å². The minimum absolute atomic E-state index is 0.0591. The average Bonchev–Trinajstić information content (AvgIpc) is 2.79. The monoisotopic (exact) mass is 485 g/mol. The number of methoxy groups -OCH3 is 2. The molecule has 0 fully saturated rings. The zero-order valence-corrected chi connectivity index (χ0v) is 20.5. The highest BCUT2D eigenvalue weighted by Crippen LogP contribution is 2.29. The van der Waals surface area contributed by atoms with Crippen molar-refractivity contribution in [3.63, 3.8) is 0 Å². The van der Waals surface area contributed by atoms with Gasteiger partial charge in [-0.15, -0.1) is 0 Å². The number of rotatable bonds is 8. The lowest BCUT2D eigenvalue weighted by atomic mass is 10.0. The fourth-order valence-electron chi connectivity index (χ4n) is 3.05. The van der Waals surface area contributed by atoms with Gasteiger partial charge < -0.3 is 20.1 Å². The Balaban J connectivity index is 1.72. The second-order valence-electron chi connectivity index (χ2n) is 7.55. The van der Waals surface area contributed by atoms with Gasteiger partial charge >= 0.3 is 0 Å². The van der Waals surface area contributed by atoms with Gasteiger partial charge in [0.15, 0.2) is 5.11 Å². The molecular formula is C24H27N3O4S2. The van der Waals surface area contributed by atoms with E-state index in [0.717, 1.165) is 5.69 Å². The summed E-state index contributed by atoms with van der Waals surface area (Å²) in [6.45, 7) is 4.27. The van der Waals surface area contributed by atoms with Crippen LogP contribution in [0.1, 0.15) is 25.3 Å². The number of nitrogens with one attached hydrogen (secondary N) is 3. The summed E-state index contributed by atoms with van der Waals surface area (Å²) < 4.78 is 38.7. The van der Waals surface area contributed by atoms with Gasteiger partial charge in [0.1, 0.15) is 11.5 Å². The number of hydrogen-bond acceptors (Lipinski definition) is 5. The second kappa shape index (κ2) is 10.5. The first-order chi connectivity index (χ1) is 15.7. The number of thiocarbonyl (C=S) groups is 1. The molecule has 7 nitrogen and oxygen atoms in total. The van der Waals surface area contributed by atoms with E-state index >= 15 is 0 Å². The predicted octanol–water partition coefficient (Wildman–Crippen LogP) is 5.44. The van der Waals surface area contributed by atoms with E-state index in [2.05, 4.69) is 29.2 Å². The molecule has 0 unspecified atom stereocenters. The Hall–Kier alpha value is -3.30. The van der Waals surface area contributed by atoms with E-state index < -0.39 is 10.0 Å². The van der Waals surface area contributed by atoms with Crippen LogP contribution in [0.15, 0.2) is 71.6 Å². The lowest BCUT2D eigenvalue weighted by Gasteiger charge is -2.15. The van der Waals surface area contributed by atoms with Crippen molar-refractivity contribution in [1.82, 2.24) is 0 Å². The SMILES string of the molecule is COc1ccc(NS(=O)(=O)c2ccc(NC(=S)Nc3ccc(C(C)C)cc3)c(OC)c2)cc1. The van der Waals surface area contributed by atoms with Gasteiger partial charge in [-0.3, -0.25) is 4.72 Å². The molecule has 0 heterocycles. The summed E-state index contributed by atoms with van der Waals surface area (Å²) in [5.74, 6) is 1.42. The fraction of sp³-hybridized carbons (Fsp3) is 0.208. The second-order valence-corrected chi connectivity index (χ2v) is 9.64. The molecule has 0 aliphatic carbocycles. The first-order valence-corrected chi connectivity index (χ1v) is 12.1. The van der Waals surface area contributed by atoms with Crippen LogP contribution in [0.2, 0.25) is 0 Å². The van der Waals surface area contributed by atoms with E-state index in [-0.39, 0.29) is 4.90 Å². The van der Waals surface area contributed by atoms with Crippen LogP contribution in [0.4, 0.5) is 17.1 Å². The largest absolute Gasteiger partial charge is 0.497 e. The van der Waals surface area contributed by atoms with Gasteiger partial charge in [-0.2, -0.15) is 0 Å². The summed E-state index contributed by atoms with van der Waals surface area (Å²) in [7, 11) is -0.804. The first-order valence-electron chi connectivity index (χ1n) is 10.2. The maximum Gasteiger partial charge on any atom is 0.262 e. The van der Waals surface area contributed by atoms with Gasteiger partial charge in [-0.05, 0) is 72.2 Å². The Kier molecular flexibility index (Phi) is 7.78. The quantitative estimate of drug-likeness (QED) is 0.366. The minimum atomic E-state index is -3.82. The Morgan fingerprint density at radius 2 is 1.48 bits per heavy atom. The highest BCUT2D eigenvalue weighted by atomic mass is 32.2. The average molecular weight is 486 g/mol. The molecule has 0 aliphatic heterocycles. The number of hydrogen-bond donors (Lipinski definition) is 3. The van der Waals surface area contributed by atoms with Crippen LogP contribution in [0, 0.1) is 0 Å². The van der Waals surface area contributed by atoms with Gasteiger partial charge in [0.2, 0.25) is 0 Å². The molecule has 0 aliphatic rings. The van der Waals surface area contributed by atoms with E-state index in [0.29, 0.717) is 33.9 Å². The summed E-state index contributed by atoms with van der Waals surface area (Å²) >= 11 is 5.40. The molecule has 33 heavy (non-hydrogen) atoms. The lowest BCUT2D eigenvalue weighted by molar-refractivity contribution is 0.415. The topological polar surface area (TPSA) is 88.7 Å². The van der Waals surface area contributed by atoms with Crippen molar-refractivity contribution in [3.8, 4) is 11.5 Å². The van der Waals surface area contributed by atoms with Crippen molar-refractivity contribution in [2.45, 2.75) is 24.7 Å². The van der Waals surface area contributed by atoms with E-state index in [9.17, 15) is 8.42 Å². The maximum atomic E-state index is 12.8. The molecule has 0 aromatic heterocycles. The summed E-state index contributed by atoms with van der Waals surface area (Å²) in [6, 6.07) is 19.1. The standard InChI is InChI=1S/C24H27N3O4S2/c1-16(2)17-5-7-18(8-6-17)25-24(32)26-22-14-13-21(15-23(22)31-4)33(28,29)27-19-9-11-20(30-3)12-10-19/h5-16,27H,1-4H3,(H2,25,26,32). The minimum Gasteiger partial charge on any atom is -0.497 e. The third-order valence-corrected chi connectivity index (χ3v) is 6.49. The number of sulfonamides is 1. The molecule has 0 saturated heterocycles. The predicted molar refractivity (Wildman–Crippen MR) is 137 cm³/mol. The molecule has 0 bridgehead atoms. The summed E-state index contributed by atoms with van der Waals surface area (Å²) in [6.07, 6.45) is 0. The molecule has 0 atom stereocenters. The van der Waals surface area contributed by atoms with Gasteiger partial charge in [0, 0.05) is 17.4 Å². The molecule has 3 rings (SSSR count). The smallest absolute Gasteiger partial charge is 0.262 e. The molecule has 0 saturated carbocycles. The van der Waals surface area contributed by atoms with Crippen LogP contribution < -0.4 is 24.8 Å². The van der Waals surface area contributed by atoms with Crippen molar-refractivity contribution >= 4 is 44.4 Å². The Morgan fingerprint density at radius 1 is 0.848 bits per heavy atom. The maximum absolute atomic E-state index is 12.8. The van der Waals surface area contributed by atoms with E-state index in [1.54, 1.807) is 37.4 Å². The van der Waals surface area contributed by atoms with Gasteiger partial charge in [0.25, 0.3) is 10.0 Å². The van der Waals surface area contributed by atoms with Gasteiger partial charge in [-0.1, -0.05) is 26.0 Å². The van der Waals surface area contributed by atoms with Gasteiger partial charge in [-0.25, -0.2) is 8.42 Å². The van der Waals surface area contributed by atoms with Crippen molar-refractivity contribution in [1.29, 1.82) is 0 Å². The summed E-state index contributed by atoms with van der Waals surface area (Å²) in [5, 5.41) is 6.53. The van der Waals surface area contributed by atoms with Crippen molar-refractivity contribution in [2.75, 3.05) is 29.6 Å². The van der Waals surface area contributed by atoms with Crippen LogP contribution >= 0.6 is 12.2 Å². The molecule has 3 aromatic rings.